The Kier molecular flexibility index (Phi) is 4.17. The lowest BCUT2D eigenvalue weighted by atomic mass is 10.2. The third-order valence-electron chi connectivity index (χ3n) is 2.60. The summed E-state index contributed by atoms with van der Waals surface area (Å²) in [5.41, 5.74) is 3.54. The largest absolute Gasteiger partial charge is 0.331 e. The molecule has 0 bridgehead atoms. The van der Waals surface area contributed by atoms with Crippen LogP contribution in [0.4, 0.5) is 9.93 Å². The first-order valence-electron chi connectivity index (χ1n) is 6.12. The first-order valence-corrected chi connectivity index (χ1v) is 7.88. The third-order valence-corrected chi connectivity index (χ3v) is 4.06. The van der Waals surface area contributed by atoms with Gasteiger partial charge in [0.05, 0.1) is 12.2 Å². The molecule has 2 heterocycles. The van der Waals surface area contributed by atoms with Crippen molar-refractivity contribution in [1.29, 1.82) is 0 Å². The summed E-state index contributed by atoms with van der Waals surface area (Å²) >= 11 is 2.78. The molecule has 2 N–H and O–H groups in total. The van der Waals surface area contributed by atoms with Gasteiger partial charge in [-0.3, -0.25) is 5.32 Å². The van der Waals surface area contributed by atoms with E-state index in [1.807, 2.05) is 35.7 Å². The van der Waals surface area contributed by atoms with E-state index >= 15 is 0 Å². The SMILES string of the molecule is O=C(NCc1nc(-c2ccccc2)cs1)Nc1nncs1. The van der Waals surface area contributed by atoms with Crippen LogP contribution >= 0.6 is 22.7 Å². The van der Waals surface area contributed by atoms with E-state index < -0.39 is 0 Å². The van der Waals surface area contributed by atoms with E-state index in [9.17, 15) is 4.79 Å². The average molecular weight is 317 g/mol. The summed E-state index contributed by atoms with van der Waals surface area (Å²) in [4.78, 5) is 16.2. The molecule has 0 atom stereocenters. The number of hydrogen-bond donors (Lipinski definition) is 2. The number of urea groups is 1. The number of carbonyl (C=O) groups is 1. The molecular weight excluding hydrogens is 306 g/mol. The molecule has 0 spiro atoms. The maximum atomic E-state index is 11.7. The van der Waals surface area contributed by atoms with Gasteiger partial charge in [0.2, 0.25) is 5.13 Å². The van der Waals surface area contributed by atoms with Crippen molar-refractivity contribution >= 4 is 33.8 Å². The number of nitrogens with one attached hydrogen (secondary N) is 2. The van der Waals surface area contributed by atoms with Gasteiger partial charge in [-0.25, -0.2) is 9.78 Å². The molecule has 0 aliphatic rings. The van der Waals surface area contributed by atoms with Crippen molar-refractivity contribution in [3.8, 4) is 11.3 Å². The highest BCUT2D eigenvalue weighted by atomic mass is 32.1. The number of benzene rings is 1. The van der Waals surface area contributed by atoms with Crippen molar-refractivity contribution in [2.75, 3.05) is 5.32 Å². The molecule has 106 valence electrons. The summed E-state index contributed by atoms with van der Waals surface area (Å²) in [7, 11) is 0. The third kappa shape index (κ3) is 3.61. The van der Waals surface area contributed by atoms with Crippen molar-refractivity contribution in [3.63, 3.8) is 0 Å². The first kappa shape index (κ1) is 13.7. The number of carbonyl (C=O) groups excluding carboxylic acids is 1. The maximum Gasteiger partial charge on any atom is 0.321 e. The molecule has 0 unspecified atom stereocenters. The first-order chi connectivity index (χ1) is 10.3. The smallest absolute Gasteiger partial charge is 0.321 e. The van der Waals surface area contributed by atoms with Gasteiger partial charge in [-0.2, -0.15) is 0 Å². The van der Waals surface area contributed by atoms with Crippen molar-refractivity contribution in [1.82, 2.24) is 20.5 Å². The summed E-state index contributed by atoms with van der Waals surface area (Å²) in [5, 5.41) is 16.0. The molecule has 3 aromatic rings. The highest BCUT2D eigenvalue weighted by Crippen LogP contribution is 2.21. The molecule has 1 aromatic carbocycles. The Balaban J connectivity index is 1.56. The van der Waals surface area contributed by atoms with Crippen LogP contribution in [0.3, 0.4) is 0 Å². The van der Waals surface area contributed by atoms with E-state index in [-0.39, 0.29) is 6.03 Å². The minimum absolute atomic E-state index is 0.316. The molecule has 6 nitrogen and oxygen atoms in total. The predicted octanol–water partition coefficient (Wildman–Crippen LogP) is 2.98. The summed E-state index contributed by atoms with van der Waals surface area (Å²) in [6.07, 6.45) is 0. The van der Waals surface area contributed by atoms with Crippen LogP contribution < -0.4 is 10.6 Å². The molecule has 2 aromatic heterocycles. The van der Waals surface area contributed by atoms with Gasteiger partial charge in [-0.15, -0.1) is 21.5 Å². The topological polar surface area (TPSA) is 79.8 Å². The molecule has 0 aliphatic heterocycles. The minimum Gasteiger partial charge on any atom is -0.331 e. The zero-order valence-corrected chi connectivity index (χ0v) is 12.4. The zero-order chi connectivity index (χ0) is 14.5. The number of thiazole rings is 1. The van der Waals surface area contributed by atoms with Gasteiger partial charge in [0.25, 0.3) is 0 Å². The monoisotopic (exact) mass is 317 g/mol. The second-order valence-electron chi connectivity index (χ2n) is 4.04. The number of aromatic nitrogens is 3. The van der Waals surface area contributed by atoms with Gasteiger partial charge in [-0.1, -0.05) is 41.7 Å². The van der Waals surface area contributed by atoms with E-state index in [1.165, 1.54) is 22.7 Å². The summed E-state index contributed by atoms with van der Waals surface area (Å²) in [6, 6.07) is 9.62. The van der Waals surface area contributed by atoms with Crippen molar-refractivity contribution in [2.45, 2.75) is 6.54 Å². The van der Waals surface area contributed by atoms with Crippen LogP contribution in [0.1, 0.15) is 5.01 Å². The molecule has 0 fully saturated rings. The Morgan fingerprint density at radius 2 is 2.05 bits per heavy atom. The second-order valence-corrected chi connectivity index (χ2v) is 5.82. The van der Waals surface area contributed by atoms with Crippen molar-refractivity contribution < 1.29 is 4.79 Å². The number of anilines is 1. The fraction of sp³-hybridized carbons (Fsp3) is 0.0769. The Morgan fingerprint density at radius 1 is 1.19 bits per heavy atom. The molecule has 0 radical (unpaired) electrons. The number of nitrogens with zero attached hydrogens (tertiary/aromatic N) is 3. The van der Waals surface area contributed by atoms with Gasteiger partial charge in [0.15, 0.2) is 0 Å². The van der Waals surface area contributed by atoms with E-state index in [2.05, 4.69) is 25.8 Å². The van der Waals surface area contributed by atoms with E-state index in [1.54, 1.807) is 5.51 Å². The Morgan fingerprint density at radius 3 is 2.81 bits per heavy atom. The van der Waals surface area contributed by atoms with Gasteiger partial charge in [0, 0.05) is 10.9 Å². The molecular formula is C13H11N5OS2. The summed E-state index contributed by atoms with van der Waals surface area (Å²) in [5.74, 6) is 0. The van der Waals surface area contributed by atoms with Crippen LogP contribution in [0.2, 0.25) is 0 Å². The molecule has 0 saturated heterocycles. The lowest BCUT2D eigenvalue weighted by Crippen LogP contribution is -2.28. The number of hydrogen-bond acceptors (Lipinski definition) is 6. The Labute approximate surface area is 128 Å². The molecule has 0 aliphatic carbocycles. The van der Waals surface area contributed by atoms with Crippen LogP contribution in [0, 0.1) is 0 Å². The highest BCUT2D eigenvalue weighted by Gasteiger charge is 2.07. The van der Waals surface area contributed by atoms with Gasteiger partial charge in [-0.05, 0) is 0 Å². The quantitative estimate of drug-likeness (QED) is 0.775. The number of rotatable bonds is 4. The van der Waals surface area contributed by atoms with E-state index in [4.69, 9.17) is 0 Å². The maximum absolute atomic E-state index is 11.7. The van der Waals surface area contributed by atoms with Crippen LogP contribution in [-0.2, 0) is 6.54 Å². The standard InChI is InChI=1S/C13H11N5OS2/c19-12(17-13-18-15-8-21-13)14-6-11-16-10(7-20-11)9-4-2-1-3-5-9/h1-5,7-8H,6H2,(H2,14,17,18,19). The zero-order valence-electron chi connectivity index (χ0n) is 10.8. The van der Waals surface area contributed by atoms with E-state index in [0.29, 0.717) is 11.7 Å². The van der Waals surface area contributed by atoms with Crippen molar-refractivity contribution in [3.05, 3.63) is 46.2 Å². The van der Waals surface area contributed by atoms with Crippen LogP contribution in [0.15, 0.2) is 41.2 Å². The van der Waals surface area contributed by atoms with Crippen molar-refractivity contribution in [2.24, 2.45) is 0 Å². The normalized spacial score (nSPS) is 10.3. The average Bonchev–Trinajstić information content (AvgIpc) is 3.17. The fourth-order valence-electron chi connectivity index (χ4n) is 1.66. The Hall–Kier alpha value is -2.32. The fourth-order valence-corrected chi connectivity index (χ4v) is 2.84. The lowest BCUT2D eigenvalue weighted by molar-refractivity contribution is 0.251. The molecule has 3 rings (SSSR count). The highest BCUT2D eigenvalue weighted by molar-refractivity contribution is 7.13. The van der Waals surface area contributed by atoms with Crippen LogP contribution in [0.25, 0.3) is 11.3 Å². The molecule has 8 heteroatoms. The summed E-state index contributed by atoms with van der Waals surface area (Å²) < 4.78 is 0. The van der Waals surface area contributed by atoms with Gasteiger partial charge >= 0.3 is 6.03 Å². The van der Waals surface area contributed by atoms with Crippen LogP contribution in [-0.4, -0.2) is 21.2 Å². The van der Waals surface area contributed by atoms with E-state index in [0.717, 1.165) is 16.3 Å². The summed E-state index contributed by atoms with van der Waals surface area (Å²) in [6.45, 7) is 0.377. The predicted molar refractivity (Wildman–Crippen MR) is 83.3 cm³/mol. The van der Waals surface area contributed by atoms with Gasteiger partial charge in [0.1, 0.15) is 10.5 Å². The molecule has 0 saturated carbocycles. The van der Waals surface area contributed by atoms with Crippen LogP contribution in [0.5, 0.6) is 0 Å². The van der Waals surface area contributed by atoms with Gasteiger partial charge < -0.3 is 5.32 Å². The second kappa shape index (κ2) is 6.42. The minimum atomic E-state index is -0.316. The molecule has 21 heavy (non-hydrogen) atoms. The lowest BCUT2D eigenvalue weighted by Gasteiger charge is -2.02. The Bertz CT molecular complexity index is 711. The number of amides is 2. The molecule has 2 amide bonds.